The predicted molar refractivity (Wildman–Crippen MR) is 112 cm³/mol. The van der Waals surface area contributed by atoms with E-state index in [0.717, 1.165) is 50.2 Å². The summed E-state index contributed by atoms with van der Waals surface area (Å²) in [7, 11) is 2.14. The number of anilines is 1. The van der Waals surface area contributed by atoms with E-state index >= 15 is 0 Å². The van der Waals surface area contributed by atoms with Gasteiger partial charge in [-0.25, -0.2) is 4.98 Å². The fraction of sp³-hybridized carbons (Fsp3) is 0.650. The summed E-state index contributed by atoms with van der Waals surface area (Å²) in [5.74, 6) is 0.961. The second-order valence-electron chi connectivity index (χ2n) is 8.32. The Morgan fingerprint density at radius 1 is 1.14 bits per heavy atom. The molecule has 0 bridgehead atoms. The number of likely N-dealkylation sites (tertiary alicyclic amines) is 1. The molecule has 1 amide bonds. The molecule has 2 aromatic rings. The van der Waals surface area contributed by atoms with E-state index in [4.69, 9.17) is 0 Å². The highest BCUT2D eigenvalue weighted by Gasteiger charge is 2.32. The van der Waals surface area contributed by atoms with E-state index in [1.54, 1.807) is 0 Å². The van der Waals surface area contributed by atoms with E-state index in [0.29, 0.717) is 24.3 Å². The first-order chi connectivity index (χ1) is 13.2. The number of H-pyrrole nitrogens is 1. The predicted octanol–water partition coefficient (Wildman–Crippen LogP) is 2.39. The van der Waals surface area contributed by atoms with Crippen molar-refractivity contribution >= 4 is 35.0 Å². The van der Waals surface area contributed by atoms with Crippen LogP contribution >= 0.6 is 12.4 Å². The first-order valence-corrected chi connectivity index (χ1v) is 10.3. The minimum atomic E-state index is 0. The normalized spacial score (nSPS) is 23.2. The summed E-state index contributed by atoms with van der Waals surface area (Å²) in [4.78, 5) is 24.1. The number of carbonyl (C=O) groups excluding carboxylic acids is 1. The van der Waals surface area contributed by atoms with Crippen LogP contribution < -0.4 is 4.90 Å². The van der Waals surface area contributed by atoms with Crippen LogP contribution in [0.1, 0.15) is 43.6 Å². The van der Waals surface area contributed by atoms with Gasteiger partial charge in [-0.05, 0) is 50.8 Å². The lowest BCUT2D eigenvalue weighted by molar-refractivity contribution is -0.132. The lowest BCUT2D eigenvalue weighted by Crippen LogP contribution is -2.50. The maximum Gasteiger partial charge on any atom is 0.224 e. The van der Waals surface area contributed by atoms with Crippen LogP contribution in [0.25, 0.3) is 11.0 Å². The number of piperazine rings is 1. The fourth-order valence-electron chi connectivity index (χ4n) is 4.70. The molecule has 0 aromatic carbocycles. The number of nitrogens with zero attached hydrogens (tertiary/aromatic N) is 5. The SMILES string of the molecule is CN1CCC[C@H]1CC(=O)N1CCN(c2c(C3CC3)cnc3[nH]ncc23)CC1.Cl. The Balaban J connectivity index is 0.00000192. The van der Waals surface area contributed by atoms with E-state index in [-0.39, 0.29) is 12.4 Å². The second-order valence-corrected chi connectivity index (χ2v) is 8.32. The molecule has 5 rings (SSSR count). The van der Waals surface area contributed by atoms with Gasteiger partial charge in [-0.3, -0.25) is 9.89 Å². The molecule has 2 saturated heterocycles. The smallest absolute Gasteiger partial charge is 0.224 e. The average molecular weight is 405 g/mol. The topological polar surface area (TPSA) is 68.4 Å². The van der Waals surface area contributed by atoms with Gasteiger partial charge < -0.3 is 14.7 Å². The molecule has 2 aliphatic heterocycles. The quantitative estimate of drug-likeness (QED) is 0.847. The molecule has 1 atom stereocenters. The van der Waals surface area contributed by atoms with Gasteiger partial charge in [0.05, 0.1) is 17.3 Å². The van der Waals surface area contributed by atoms with Gasteiger partial charge in [-0.15, -0.1) is 12.4 Å². The maximum absolute atomic E-state index is 12.8. The van der Waals surface area contributed by atoms with Crippen LogP contribution in [0, 0.1) is 0 Å². The number of aromatic amines is 1. The Hall–Kier alpha value is -1.86. The van der Waals surface area contributed by atoms with Crippen LogP contribution in [0.2, 0.25) is 0 Å². The van der Waals surface area contributed by atoms with Crippen LogP contribution in [-0.4, -0.2) is 76.7 Å². The lowest BCUT2D eigenvalue weighted by atomic mass is 10.1. The molecule has 1 aliphatic carbocycles. The lowest BCUT2D eigenvalue weighted by Gasteiger charge is -2.38. The van der Waals surface area contributed by atoms with Gasteiger partial charge in [0, 0.05) is 44.8 Å². The average Bonchev–Trinajstić information content (AvgIpc) is 3.29. The van der Waals surface area contributed by atoms with Gasteiger partial charge >= 0.3 is 0 Å². The van der Waals surface area contributed by atoms with E-state index in [1.807, 2.05) is 12.4 Å². The van der Waals surface area contributed by atoms with E-state index in [1.165, 1.54) is 30.5 Å². The largest absolute Gasteiger partial charge is 0.367 e. The molecular weight excluding hydrogens is 376 g/mol. The summed E-state index contributed by atoms with van der Waals surface area (Å²) < 4.78 is 0. The van der Waals surface area contributed by atoms with Crippen LogP contribution in [0.4, 0.5) is 5.69 Å². The zero-order valence-electron chi connectivity index (χ0n) is 16.4. The van der Waals surface area contributed by atoms with Crippen molar-refractivity contribution in [2.45, 2.75) is 44.1 Å². The second kappa shape index (κ2) is 7.87. The number of amides is 1. The number of halogens is 1. The molecular formula is C20H29ClN6O. The van der Waals surface area contributed by atoms with Gasteiger partial charge in [-0.1, -0.05) is 0 Å². The molecule has 152 valence electrons. The van der Waals surface area contributed by atoms with E-state index in [9.17, 15) is 4.79 Å². The molecule has 0 unspecified atom stereocenters. The van der Waals surface area contributed by atoms with Crippen molar-refractivity contribution in [1.29, 1.82) is 0 Å². The summed E-state index contributed by atoms with van der Waals surface area (Å²) in [5.41, 5.74) is 3.51. The van der Waals surface area contributed by atoms with Crippen molar-refractivity contribution < 1.29 is 4.79 Å². The standard InChI is InChI=1S/C20H28N6O.ClH/c1-24-6-2-3-15(24)11-18(27)25-7-9-26(10-8-25)19-16(14-4-5-14)12-21-20-17(19)13-22-23-20;/h12-15H,2-11H2,1H3,(H,21,22,23);1H/t15-;/m0./s1. The Labute approximate surface area is 171 Å². The molecule has 0 spiro atoms. The number of pyridine rings is 1. The van der Waals surface area contributed by atoms with Crippen LogP contribution in [0.3, 0.4) is 0 Å². The number of rotatable bonds is 4. The molecule has 3 aliphatic rings. The van der Waals surface area contributed by atoms with Crippen molar-refractivity contribution in [3.63, 3.8) is 0 Å². The monoisotopic (exact) mass is 404 g/mol. The van der Waals surface area contributed by atoms with Crippen LogP contribution in [0.15, 0.2) is 12.4 Å². The summed E-state index contributed by atoms with van der Waals surface area (Å²) in [5, 5.41) is 8.32. The first-order valence-electron chi connectivity index (χ1n) is 10.3. The fourth-order valence-corrected chi connectivity index (χ4v) is 4.70. The molecule has 2 aromatic heterocycles. The Morgan fingerprint density at radius 3 is 2.61 bits per heavy atom. The maximum atomic E-state index is 12.8. The third kappa shape index (κ3) is 3.57. The number of fused-ring (bicyclic) bond motifs is 1. The van der Waals surface area contributed by atoms with Gasteiger partial charge in [0.25, 0.3) is 0 Å². The highest BCUT2D eigenvalue weighted by molar-refractivity contribution is 5.91. The Bertz CT molecular complexity index is 842. The zero-order valence-corrected chi connectivity index (χ0v) is 17.2. The third-order valence-corrected chi connectivity index (χ3v) is 6.53. The van der Waals surface area contributed by atoms with Gasteiger partial charge in [0.2, 0.25) is 5.91 Å². The molecule has 0 radical (unpaired) electrons. The van der Waals surface area contributed by atoms with Gasteiger partial charge in [-0.2, -0.15) is 5.10 Å². The zero-order chi connectivity index (χ0) is 18.4. The Morgan fingerprint density at radius 2 is 1.93 bits per heavy atom. The number of carbonyl (C=O) groups is 1. The molecule has 28 heavy (non-hydrogen) atoms. The number of hydrogen-bond donors (Lipinski definition) is 1. The minimum absolute atomic E-state index is 0. The van der Waals surface area contributed by atoms with Gasteiger partial charge in [0.1, 0.15) is 0 Å². The summed E-state index contributed by atoms with van der Waals surface area (Å²) in [6.45, 7) is 4.51. The van der Waals surface area contributed by atoms with Gasteiger partial charge in [0.15, 0.2) is 5.65 Å². The number of nitrogens with one attached hydrogen (secondary N) is 1. The third-order valence-electron chi connectivity index (χ3n) is 6.53. The molecule has 3 fully saturated rings. The van der Waals surface area contributed by atoms with Crippen molar-refractivity contribution in [3.05, 3.63) is 18.0 Å². The Kier molecular flexibility index (Phi) is 5.47. The first kappa shape index (κ1) is 19.5. The summed E-state index contributed by atoms with van der Waals surface area (Å²) in [6, 6.07) is 0.433. The summed E-state index contributed by atoms with van der Waals surface area (Å²) in [6.07, 6.45) is 9.48. The highest BCUT2D eigenvalue weighted by Crippen LogP contribution is 2.46. The number of hydrogen-bond acceptors (Lipinski definition) is 5. The van der Waals surface area contributed by atoms with E-state index in [2.05, 4.69) is 36.9 Å². The van der Waals surface area contributed by atoms with Crippen LogP contribution in [0.5, 0.6) is 0 Å². The van der Waals surface area contributed by atoms with Crippen molar-refractivity contribution in [1.82, 2.24) is 25.0 Å². The summed E-state index contributed by atoms with van der Waals surface area (Å²) >= 11 is 0. The molecule has 1 saturated carbocycles. The van der Waals surface area contributed by atoms with Crippen molar-refractivity contribution in [2.24, 2.45) is 0 Å². The van der Waals surface area contributed by atoms with Crippen LogP contribution in [-0.2, 0) is 4.79 Å². The molecule has 7 nitrogen and oxygen atoms in total. The molecule has 8 heteroatoms. The molecule has 1 N–H and O–H groups in total. The van der Waals surface area contributed by atoms with Crippen molar-refractivity contribution in [3.8, 4) is 0 Å². The minimum Gasteiger partial charge on any atom is -0.367 e. The molecule has 4 heterocycles. The van der Waals surface area contributed by atoms with Crippen molar-refractivity contribution in [2.75, 3.05) is 44.7 Å². The highest BCUT2D eigenvalue weighted by atomic mass is 35.5. The van der Waals surface area contributed by atoms with E-state index < -0.39 is 0 Å². The number of aromatic nitrogens is 3.